The summed E-state index contributed by atoms with van der Waals surface area (Å²) in [5.41, 5.74) is 2.09. The van der Waals surface area contributed by atoms with Crippen LogP contribution in [0.15, 0.2) is 35.4 Å². The summed E-state index contributed by atoms with van der Waals surface area (Å²) in [5, 5.41) is 10.3. The van der Waals surface area contributed by atoms with Gasteiger partial charge in [-0.3, -0.25) is 19.0 Å². The molecule has 146 valence electrons. The minimum atomic E-state index is -0.546. The van der Waals surface area contributed by atoms with Crippen LogP contribution in [-0.4, -0.2) is 49.6 Å². The Morgan fingerprint density at radius 1 is 1.21 bits per heavy atom. The van der Waals surface area contributed by atoms with Crippen LogP contribution < -0.4 is 10.9 Å². The van der Waals surface area contributed by atoms with Gasteiger partial charge in [0, 0.05) is 0 Å². The van der Waals surface area contributed by atoms with Gasteiger partial charge in [-0.2, -0.15) is 0 Å². The van der Waals surface area contributed by atoms with Crippen molar-refractivity contribution in [1.82, 2.24) is 29.9 Å². The molecule has 3 rings (SSSR count). The van der Waals surface area contributed by atoms with E-state index >= 15 is 0 Å². The van der Waals surface area contributed by atoms with E-state index in [4.69, 9.17) is 4.74 Å². The fourth-order valence-corrected chi connectivity index (χ4v) is 2.57. The fraction of sp³-hybridized carbons (Fsp3) is 0.333. The maximum absolute atomic E-state index is 12.6. The van der Waals surface area contributed by atoms with Crippen LogP contribution in [-0.2, 0) is 27.4 Å². The van der Waals surface area contributed by atoms with Gasteiger partial charge in [0.1, 0.15) is 19.4 Å². The number of benzene rings is 1. The van der Waals surface area contributed by atoms with E-state index in [1.165, 1.54) is 11.0 Å². The van der Waals surface area contributed by atoms with Crippen molar-refractivity contribution in [2.75, 3.05) is 13.2 Å². The topological polar surface area (TPSA) is 121 Å². The Bertz CT molecular complexity index is 1050. The van der Waals surface area contributed by atoms with Gasteiger partial charge in [-0.15, -0.1) is 5.10 Å². The SMILES string of the molecule is CCOC(=O)CNC(=O)Cn1cnc2c(nnn2Cc2ccc(C)cc2)c1=O. The Hall–Kier alpha value is -3.56. The molecule has 2 aromatic heterocycles. The molecule has 0 saturated carbocycles. The maximum atomic E-state index is 12.6. The lowest BCUT2D eigenvalue weighted by Gasteiger charge is -2.07. The zero-order chi connectivity index (χ0) is 20.1. The lowest BCUT2D eigenvalue weighted by atomic mass is 10.1. The van der Waals surface area contributed by atoms with E-state index in [-0.39, 0.29) is 25.2 Å². The number of hydrogen-bond acceptors (Lipinski definition) is 7. The summed E-state index contributed by atoms with van der Waals surface area (Å²) in [6.45, 7) is 3.78. The van der Waals surface area contributed by atoms with Crippen LogP contribution >= 0.6 is 0 Å². The minimum Gasteiger partial charge on any atom is -0.465 e. The molecule has 0 atom stereocenters. The molecule has 0 radical (unpaired) electrons. The van der Waals surface area contributed by atoms with Crippen molar-refractivity contribution in [3.63, 3.8) is 0 Å². The number of nitrogens with zero attached hydrogens (tertiary/aromatic N) is 5. The van der Waals surface area contributed by atoms with Crippen LogP contribution in [0.4, 0.5) is 0 Å². The number of nitrogens with one attached hydrogen (secondary N) is 1. The highest BCUT2D eigenvalue weighted by atomic mass is 16.5. The van der Waals surface area contributed by atoms with Gasteiger partial charge in [0.25, 0.3) is 5.56 Å². The highest BCUT2D eigenvalue weighted by Gasteiger charge is 2.14. The van der Waals surface area contributed by atoms with Crippen LogP contribution in [0, 0.1) is 6.92 Å². The van der Waals surface area contributed by atoms with Gasteiger partial charge >= 0.3 is 5.97 Å². The molecule has 0 aliphatic heterocycles. The van der Waals surface area contributed by atoms with Gasteiger partial charge in [0.2, 0.25) is 5.91 Å². The van der Waals surface area contributed by atoms with Crippen molar-refractivity contribution in [2.24, 2.45) is 0 Å². The van der Waals surface area contributed by atoms with Gasteiger partial charge < -0.3 is 10.1 Å². The van der Waals surface area contributed by atoms with Crippen LogP contribution in [0.25, 0.3) is 11.2 Å². The average molecular weight is 384 g/mol. The van der Waals surface area contributed by atoms with Crippen LogP contribution in [0.1, 0.15) is 18.1 Å². The fourth-order valence-electron chi connectivity index (χ4n) is 2.57. The number of carbonyl (C=O) groups is 2. The summed E-state index contributed by atoms with van der Waals surface area (Å²) in [5.74, 6) is -1.06. The first-order valence-electron chi connectivity index (χ1n) is 8.74. The van der Waals surface area contributed by atoms with E-state index < -0.39 is 17.4 Å². The third-order valence-corrected chi connectivity index (χ3v) is 3.99. The molecule has 1 N–H and O–H groups in total. The van der Waals surface area contributed by atoms with Crippen molar-refractivity contribution in [3.8, 4) is 0 Å². The van der Waals surface area contributed by atoms with E-state index in [9.17, 15) is 14.4 Å². The molecule has 0 aliphatic rings. The third-order valence-electron chi connectivity index (χ3n) is 3.99. The van der Waals surface area contributed by atoms with Gasteiger partial charge in [0.05, 0.1) is 13.2 Å². The predicted octanol–water partition coefficient (Wildman–Crippen LogP) is 0.0240. The monoisotopic (exact) mass is 384 g/mol. The highest BCUT2D eigenvalue weighted by molar-refractivity contribution is 5.82. The summed E-state index contributed by atoms with van der Waals surface area (Å²) >= 11 is 0. The molecular weight excluding hydrogens is 364 g/mol. The lowest BCUT2D eigenvalue weighted by molar-refractivity contribution is -0.143. The Balaban J connectivity index is 1.73. The van der Waals surface area contributed by atoms with Gasteiger partial charge in [-0.1, -0.05) is 35.0 Å². The second-order valence-corrected chi connectivity index (χ2v) is 6.16. The summed E-state index contributed by atoms with van der Waals surface area (Å²) in [6, 6.07) is 7.92. The molecular formula is C18H20N6O4. The molecule has 2 heterocycles. The standard InChI is InChI=1S/C18H20N6O4/c1-3-28-15(26)8-19-14(25)10-23-11-20-17-16(18(23)27)21-22-24(17)9-13-6-4-12(2)5-7-13/h4-7,11H,3,8-10H2,1-2H3,(H,19,25). The number of aromatic nitrogens is 5. The first kappa shape index (κ1) is 19.2. The lowest BCUT2D eigenvalue weighted by Crippen LogP contribution is -2.36. The Labute approximate surface area is 160 Å². The predicted molar refractivity (Wildman–Crippen MR) is 99.5 cm³/mol. The molecule has 3 aromatic rings. The zero-order valence-corrected chi connectivity index (χ0v) is 15.6. The molecule has 0 fully saturated rings. The molecule has 10 heteroatoms. The van der Waals surface area contributed by atoms with Gasteiger partial charge in [-0.05, 0) is 19.4 Å². The third kappa shape index (κ3) is 4.40. The zero-order valence-electron chi connectivity index (χ0n) is 15.6. The van der Waals surface area contributed by atoms with Crippen molar-refractivity contribution in [2.45, 2.75) is 26.9 Å². The molecule has 10 nitrogen and oxygen atoms in total. The van der Waals surface area contributed by atoms with Crippen molar-refractivity contribution < 1.29 is 14.3 Å². The Kier molecular flexibility index (Phi) is 5.78. The summed E-state index contributed by atoms with van der Waals surface area (Å²) in [7, 11) is 0. The largest absolute Gasteiger partial charge is 0.465 e. The highest BCUT2D eigenvalue weighted by Crippen LogP contribution is 2.08. The molecule has 28 heavy (non-hydrogen) atoms. The molecule has 0 aliphatic carbocycles. The van der Waals surface area contributed by atoms with Crippen LogP contribution in [0.2, 0.25) is 0 Å². The quantitative estimate of drug-likeness (QED) is 0.570. The van der Waals surface area contributed by atoms with Crippen LogP contribution in [0.3, 0.4) is 0 Å². The molecule has 0 unspecified atom stereocenters. The van der Waals surface area contributed by atoms with E-state index in [0.717, 1.165) is 15.7 Å². The number of rotatable bonds is 7. The molecule has 0 bridgehead atoms. The normalized spacial score (nSPS) is 10.8. The van der Waals surface area contributed by atoms with Gasteiger partial charge in [-0.25, -0.2) is 9.67 Å². The Morgan fingerprint density at radius 3 is 2.68 bits per heavy atom. The number of fused-ring (bicyclic) bond motifs is 1. The van der Waals surface area contributed by atoms with E-state index in [1.54, 1.807) is 6.92 Å². The smallest absolute Gasteiger partial charge is 0.325 e. The first-order chi connectivity index (χ1) is 13.5. The molecule has 1 aromatic carbocycles. The minimum absolute atomic E-state index is 0.0767. The summed E-state index contributed by atoms with van der Waals surface area (Å²) in [4.78, 5) is 40.0. The van der Waals surface area contributed by atoms with E-state index in [2.05, 4.69) is 20.6 Å². The van der Waals surface area contributed by atoms with E-state index in [0.29, 0.717) is 12.2 Å². The molecule has 1 amide bonds. The first-order valence-corrected chi connectivity index (χ1v) is 8.74. The summed E-state index contributed by atoms with van der Waals surface area (Å²) in [6.07, 6.45) is 1.27. The maximum Gasteiger partial charge on any atom is 0.325 e. The number of aryl methyl sites for hydroxylation is 1. The molecule has 0 saturated heterocycles. The summed E-state index contributed by atoms with van der Waals surface area (Å²) < 4.78 is 7.38. The van der Waals surface area contributed by atoms with Crippen molar-refractivity contribution in [1.29, 1.82) is 0 Å². The molecule has 0 spiro atoms. The average Bonchev–Trinajstić information content (AvgIpc) is 3.08. The number of ether oxygens (including phenoxy) is 1. The van der Waals surface area contributed by atoms with Crippen LogP contribution in [0.5, 0.6) is 0 Å². The second-order valence-electron chi connectivity index (χ2n) is 6.16. The number of carbonyl (C=O) groups excluding carboxylic acids is 2. The van der Waals surface area contributed by atoms with Gasteiger partial charge in [0.15, 0.2) is 11.2 Å². The van der Waals surface area contributed by atoms with Crippen molar-refractivity contribution >= 4 is 23.0 Å². The number of esters is 1. The van der Waals surface area contributed by atoms with Crippen molar-refractivity contribution in [3.05, 3.63) is 52.1 Å². The number of hydrogen-bond donors (Lipinski definition) is 1. The van der Waals surface area contributed by atoms with E-state index in [1.807, 2.05) is 31.2 Å². The Morgan fingerprint density at radius 2 is 1.96 bits per heavy atom. The number of amides is 1. The second kappa shape index (κ2) is 8.42.